The van der Waals surface area contributed by atoms with Crippen LogP contribution in [-0.4, -0.2) is 33.8 Å². The molecule has 27 heavy (non-hydrogen) atoms. The fourth-order valence-corrected chi connectivity index (χ4v) is 3.55. The summed E-state index contributed by atoms with van der Waals surface area (Å²) in [6.45, 7) is 3.96. The van der Waals surface area contributed by atoms with E-state index < -0.39 is 10.0 Å². The van der Waals surface area contributed by atoms with Gasteiger partial charge >= 0.3 is 0 Å². The topological polar surface area (TPSA) is 104 Å². The van der Waals surface area contributed by atoms with Gasteiger partial charge in [0.15, 0.2) is 0 Å². The van der Waals surface area contributed by atoms with Crippen LogP contribution in [0.3, 0.4) is 0 Å². The van der Waals surface area contributed by atoms with Gasteiger partial charge in [-0.3, -0.25) is 9.59 Å². The van der Waals surface area contributed by atoms with E-state index >= 15 is 0 Å². The average Bonchev–Trinajstić information content (AvgIpc) is 2.66. The largest absolute Gasteiger partial charge is 0.355 e. The molecule has 0 saturated heterocycles. The second-order valence-electron chi connectivity index (χ2n) is 5.94. The number of carbonyl (C=O) groups is 2. The lowest BCUT2D eigenvalue weighted by Crippen LogP contribution is -2.26. The zero-order valence-corrected chi connectivity index (χ0v) is 16.3. The quantitative estimate of drug-likeness (QED) is 0.669. The van der Waals surface area contributed by atoms with Crippen molar-refractivity contribution in [2.24, 2.45) is 0 Å². The second kappa shape index (κ2) is 8.79. The summed E-state index contributed by atoms with van der Waals surface area (Å²) in [6.07, 6.45) is 0. The third-order valence-corrected chi connectivity index (χ3v) is 5.54. The van der Waals surface area contributed by atoms with Gasteiger partial charge in [0.05, 0.1) is 4.90 Å². The first-order chi connectivity index (χ1) is 12.8. The van der Waals surface area contributed by atoms with Crippen molar-refractivity contribution in [1.82, 2.24) is 15.4 Å². The Bertz CT molecular complexity index is 938. The highest BCUT2D eigenvalue weighted by molar-refractivity contribution is 7.89. The van der Waals surface area contributed by atoms with E-state index in [-0.39, 0.29) is 29.8 Å². The maximum Gasteiger partial charge on any atom is 0.251 e. The van der Waals surface area contributed by atoms with Crippen LogP contribution in [0, 0.1) is 6.92 Å². The predicted molar refractivity (Wildman–Crippen MR) is 103 cm³/mol. The number of amides is 2. The molecule has 0 spiro atoms. The van der Waals surface area contributed by atoms with Crippen molar-refractivity contribution in [2.45, 2.75) is 25.3 Å². The van der Waals surface area contributed by atoms with E-state index in [1.807, 2.05) is 0 Å². The Morgan fingerprint density at radius 1 is 1.00 bits per heavy atom. The molecule has 2 aromatic carbocycles. The standard InChI is InChI=1S/C19H23N3O4S/c1-4-22-27(25,26)16-10-5-13(2)17(11-16)19(24)21-12-14-6-8-15(9-7-14)18(23)20-3/h5-11,22H,4,12H2,1-3H3,(H,20,23)(H,21,24). The Morgan fingerprint density at radius 2 is 1.67 bits per heavy atom. The number of carbonyl (C=O) groups excluding carboxylic acids is 2. The maximum absolute atomic E-state index is 12.5. The Kier molecular flexibility index (Phi) is 6.70. The Morgan fingerprint density at radius 3 is 2.26 bits per heavy atom. The molecule has 2 rings (SSSR count). The fourth-order valence-electron chi connectivity index (χ4n) is 2.48. The van der Waals surface area contributed by atoms with Crippen LogP contribution in [0.2, 0.25) is 0 Å². The number of aryl methyl sites for hydroxylation is 1. The van der Waals surface area contributed by atoms with E-state index in [0.717, 1.165) is 5.56 Å². The van der Waals surface area contributed by atoms with E-state index in [0.29, 0.717) is 16.7 Å². The van der Waals surface area contributed by atoms with Crippen molar-refractivity contribution in [3.8, 4) is 0 Å². The molecule has 144 valence electrons. The fraction of sp³-hybridized carbons (Fsp3) is 0.263. The molecule has 0 aromatic heterocycles. The van der Waals surface area contributed by atoms with Crippen molar-refractivity contribution < 1.29 is 18.0 Å². The summed E-state index contributed by atoms with van der Waals surface area (Å²) in [4.78, 5) is 24.1. The number of nitrogens with one attached hydrogen (secondary N) is 3. The molecule has 0 aliphatic rings. The smallest absolute Gasteiger partial charge is 0.251 e. The molecule has 0 saturated carbocycles. The molecule has 2 aromatic rings. The third kappa shape index (κ3) is 5.15. The highest BCUT2D eigenvalue weighted by Gasteiger charge is 2.17. The maximum atomic E-state index is 12.5. The molecule has 0 atom stereocenters. The van der Waals surface area contributed by atoms with Crippen LogP contribution in [0.15, 0.2) is 47.4 Å². The van der Waals surface area contributed by atoms with Gasteiger partial charge in [-0.15, -0.1) is 0 Å². The minimum Gasteiger partial charge on any atom is -0.355 e. The molecule has 0 aliphatic carbocycles. The normalized spacial score (nSPS) is 11.1. The molecule has 0 bridgehead atoms. The van der Waals surface area contributed by atoms with Crippen molar-refractivity contribution >= 4 is 21.8 Å². The first-order valence-corrected chi connectivity index (χ1v) is 9.96. The average molecular weight is 389 g/mol. The number of benzene rings is 2. The molecule has 0 fully saturated rings. The number of hydrogen-bond acceptors (Lipinski definition) is 4. The predicted octanol–water partition coefficient (Wildman–Crippen LogP) is 1.58. The van der Waals surface area contributed by atoms with E-state index in [1.54, 1.807) is 51.2 Å². The minimum atomic E-state index is -3.63. The van der Waals surface area contributed by atoms with Crippen molar-refractivity contribution in [2.75, 3.05) is 13.6 Å². The van der Waals surface area contributed by atoms with Crippen LogP contribution in [0.5, 0.6) is 0 Å². The summed E-state index contributed by atoms with van der Waals surface area (Å²) < 4.78 is 26.7. The van der Waals surface area contributed by atoms with Crippen LogP contribution in [0.1, 0.15) is 38.8 Å². The molecule has 0 heterocycles. The Labute approximate surface area is 159 Å². The van der Waals surface area contributed by atoms with Gasteiger partial charge in [0.25, 0.3) is 11.8 Å². The van der Waals surface area contributed by atoms with Gasteiger partial charge in [-0.2, -0.15) is 0 Å². The molecular weight excluding hydrogens is 366 g/mol. The molecule has 0 unspecified atom stereocenters. The van der Waals surface area contributed by atoms with E-state index in [1.165, 1.54) is 12.1 Å². The molecule has 0 aliphatic heterocycles. The van der Waals surface area contributed by atoms with Crippen LogP contribution >= 0.6 is 0 Å². The molecule has 3 N–H and O–H groups in total. The van der Waals surface area contributed by atoms with Gasteiger partial charge in [0.2, 0.25) is 10.0 Å². The molecule has 7 nitrogen and oxygen atoms in total. The minimum absolute atomic E-state index is 0.0510. The van der Waals surface area contributed by atoms with Crippen LogP contribution < -0.4 is 15.4 Å². The van der Waals surface area contributed by atoms with Gasteiger partial charge in [-0.25, -0.2) is 13.1 Å². The lowest BCUT2D eigenvalue weighted by molar-refractivity contribution is 0.0945. The third-order valence-electron chi connectivity index (χ3n) is 3.99. The Hall–Kier alpha value is -2.71. The first-order valence-electron chi connectivity index (χ1n) is 8.48. The van der Waals surface area contributed by atoms with Gasteiger partial charge in [-0.1, -0.05) is 25.1 Å². The van der Waals surface area contributed by atoms with E-state index in [4.69, 9.17) is 0 Å². The van der Waals surface area contributed by atoms with Crippen LogP contribution in [0.4, 0.5) is 0 Å². The van der Waals surface area contributed by atoms with Gasteiger partial charge < -0.3 is 10.6 Å². The van der Waals surface area contributed by atoms with Crippen LogP contribution in [-0.2, 0) is 16.6 Å². The Balaban J connectivity index is 2.13. The highest BCUT2D eigenvalue weighted by atomic mass is 32.2. The van der Waals surface area contributed by atoms with Crippen molar-refractivity contribution in [3.63, 3.8) is 0 Å². The second-order valence-corrected chi connectivity index (χ2v) is 7.70. The van der Waals surface area contributed by atoms with Crippen molar-refractivity contribution in [1.29, 1.82) is 0 Å². The van der Waals surface area contributed by atoms with Crippen molar-refractivity contribution in [3.05, 3.63) is 64.7 Å². The SMILES string of the molecule is CCNS(=O)(=O)c1ccc(C)c(C(=O)NCc2ccc(C(=O)NC)cc2)c1. The summed E-state index contributed by atoms with van der Waals surface area (Å²) in [6, 6.07) is 11.3. The number of rotatable bonds is 7. The van der Waals surface area contributed by atoms with Gasteiger partial charge in [0.1, 0.15) is 0 Å². The molecular formula is C19H23N3O4S. The highest BCUT2D eigenvalue weighted by Crippen LogP contribution is 2.16. The first kappa shape index (κ1) is 20.6. The van der Waals surface area contributed by atoms with Gasteiger partial charge in [0, 0.05) is 31.3 Å². The summed E-state index contributed by atoms with van der Waals surface area (Å²) in [5.41, 5.74) is 2.34. The molecule has 2 amide bonds. The summed E-state index contributed by atoms with van der Waals surface area (Å²) in [5, 5.41) is 5.32. The molecule has 8 heteroatoms. The summed E-state index contributed by atoms with van der Waals surface area (Å²) >= 11 is 0. The van der Waals surface area contributed by atoms with E-state index in [2.05, 4.69) is 15.4 Å². The van der Waals surface area contributed by atoms with E-state index in [9.17, 15) is 18.0 Å². The monoisotopic (exact) mass is 389 g/mol. The summed E-state index contributed by atoms with van der Waals surface area (Å²) in [5.74, 6) is -0.545. The van der Waals surface area contributed by atoms with Crippen LogP contribution in [0.25, 0.3) is 0 Å². The summed E-state index contributed by atoms with van der Waals surface area (Å²) in [7, 11) is -2.07. The van der Waals surface area contributed by atoms with Gasteiger partial charge in [-0.05, 0) is 42.3 Å². The lowest BCUT2D eigenvalue weighted by atomic mass is 10.1. The number of hydrogen-bond donors (Lipinski definition) is 3. The molecule has 0 radical (unpaired) electrons. The number of sulfonamides is 1. The zero-order chi connectivity index (χ0) is 20.0. The lowest BCUT2D eigenvalue weighted by Gasteiger charge is -2.11. The zero-order valence-electron chi connectivity index (χ0n) is 15.5.